The molecule has 3 rings (SSSR count). The van der Waals surface area contributed by atoms with Crippen LogP contribution >= 0.6 is 0 Å². The summed E-state index contributed by atoms with van der Waals surface area (Å²) in [6.07, 6.45) is 0. The number of amides is 1. The van der Waals surface area contributed by atoms with Gasteiger partial charge in [-0.25, -0.2) is 0 Å². The third-order valence-electron chi connectivity index (χ3n) is 4.47. The molecular weight excluding hydrogens is 398 g/mol. The van der Waals surface area contributed by atoms with Crippen molar-refractivity contribution in [2.75, 3.05) is 33.3 Å². The van der Waals surface area contributed by atoms with Crippen molar-refractivity contribution >= 4 is 17.4 Å². The molecule has 31 heavy (non-hydrogen) atoms. The molecule has 0 spiro atoms. The van der Waals surface area contributed by atoms with Gasteiger partial charge in [0, 0.05) is 28.9 Å². The summed E-state index contributed by atoms with van der Waals surface area (Å²) in [5, 5.41) is 2.73. The molecule has 0 saturated heterocycles. The van der Waals surface area contributed by atoms with Crippen molar-refractivity contribution in [3.05, 3.63) is 77.9 Å². The zero-order valence-corrected chi connectivity index (χ0v) is 17.5. The molecule has 0 heterocycles. The van der Waals surface area contributed by atoms with Crippen LogP contribution in [0.4, 0.5) is 5.69 Å². The van der Waals surface area contributed by atoms with Gasteiger partial charge in [-0.2, -0.15) is 0 Å². The Bertz CT molecular complexity index is 1020. The maximum atomic E-state index is 12.4. The molecule has 0 unspecified atom stereocenters. The number of carbonyl (C=O) groups excluding carboxylic acids is 2. The SMILES string of the molecule is COc1cc(NC(=O)COc2ccc(C(=O)c3ccccc3)cc2)cc(OC)c1OC. The van der Waals surface area contributed by atoms with Crippen molar-refractivity contribution in [2.45, 2.75) is 0 Å². The molecular formula is C24H23NO6. The smallest absolute Gasteiger partial charge is 0.262 e. The fourth-order valence-electron chi connectivity index (χ4n) is 2.96. The molecule has 0 fully saturated rings. The lowest BCUT2D eigenvalue weighted by Crippen LogP contribution is -2.20. The van der Waals surface area contributed by atoms with Gasteiger partial charge in [-0.1, -0.05) is 30.3 Å². The van der Waals surface area contributed by atoms with Crippen molar-refractivity contribution < 1.29 is 28.5 Å². The van der Waals surface area contributed by atoms with E-state index >= 15 is 0 Å². The van der Waals surface area contributed by atoms with Crippen molar-refractivity contribution in [1.29, 1.82) is 0 Å². The number of ether oxygens (including phenoxy) is 4. The van der Waals surface area contributed by atoms with Crippen molar-refractivity contribution in [2.24, 2.45) is 0 Å². The van der Waals surface area contributed by atoms with Gasteiger partial charge in [0.15, 0.2) is 23.9 Å². The summed E-state index contributed by atoms with van der Waals surface area (Å²) in [5.41, 5.74) is 1.63. The molecule has 0 radical (unpaired) electrons. The van der Waals surface area contributed by atoms with Gasteiger partial charge in [0.2, 0.25) is 5.75 Å². The van der Waals surface area contributed by atoms with E-state index in [0.717, 1.165) is 0 Å². The first-order chi connectivity index (χ1) is 15.0. The topological polar surface area (TPSA) is 83.1 Å². The molecule has 0 bridgehead atoms. The van der Waals surface area contributed by atoms with Crippen LogP contribution in [0.5, 0.6) is 23.0 Å². The number of nitrogens with one attached hydrogen (secondary N) is 1. The maximum Gasteiger partial charge on any atom is 0.262 e. The van der Waals surface area contributed by atoms with Crippen LogP contribution in [0, 0.1) is 0 Å². The van der Waals surface area contributed by atoms with Gasteiger partial charge in [0.1, 0.15) is 5.75 Å². The third kappa shape index (κ3) is 5.33. The maximum absolute atomic E-state index is 12.4. The molecule has 0 aliphatic heterocycles. The fourth-order valence-corrected chi connectivity index (χ4v) is 2.96. The van der Waals surface area contributed by atoms with E-state index in [-0.39, 0.29) is 18.3 Å². The Morgan fingerprint density at radius 2 is 1.35 bits per heavy atom. The first kappa shape index (κ1) is 21.7. The minimum atomic E-state index is -0.362. The number of hydrogen-bond donors (Lipinski definition) is 1. The van der Waals surface area contributed by atoms with Crippen molar-refractivity contribution in [3.63, 3.8) is 0 Å². The molecule has 0 aliphatic carbocycles. The third-order valence-corrected chi connectivity index (χ3v) is 4.47. The molecule has 0 aliphatic rings. The van der Waals surface area contributed by atoms with Crippen LogP contribution in [0.15, 0.2) is 66.7 Å². The largest absolute Gasteiger partial charge is 0.493 e. The Morgan fingerprint density at radius 3 is 1.90 bits per heavy atom. The highest BCUT2D eigenvalue weighted by molar-refractivity contribution is 6.09. The predicted octanol–water partition coefficient (Wildman–Crippen LogP) is 3.96. The van der Waals surface area contributed by atoms with E-state index in [9.17, 15) is 9.59 Å². The van der Waals surface area contributed by atoms with E-state index in [0.29, 0.717) is 39.8 Å². The Kier molecular flexibility index (Phi) is 7.11. The van der Waals surface area contributed by atoms with E-state index < -0.39 is 0 Å². The number of carbonyl (C=O) groups is 2. The Morgan fingerprint density at radius 1 is 0.774 bits per heavy atom. The quantitative estimate of drug-likeness (QED) is 0.527. The molecule has 7 nitrogen and oxygen atoms in total. The predicted molar refractivity (Wildman–Crippen MR) is 117 cm³/mol. The molecule has 1 amide bonds. The van der Waals surface area contributed by atoms with Gasteiger partial charge < -0.3 is 24.3 Å². The van der Waals surface area contributed by atoms with Crippen LogP contribution in [0.1, 0.15) is 15.9 Å². The number of rotatable bonds is 9. The minimum absolute atomic E-state index is 0.0766. The van der Waals surface area contributed by atoms with Crippen LogP contribution in [0.3, 0.4) is 0 Å². The molecule has 7 heteroatoms. The Balaban J connectivity index is 1.60. The zero-order chi connectivity index (χ0) is 22.2. The number of methoxy groups -OCH3 is 3. The number of anilines is 1. The van der Waals surface area contributed by atoms with Crippen LogP contribution in [0.25, 0.3) is 0 Å². The normalized spacial score (nSPS) is 10.2. The second-order valence-electron chi connectivity index (χ2n) is 6.47. The average molecular weight is 421 g/mol. The fraction of sp³-hybridized carbons (Fsp3) is 0.167. The number of benzene rings is 3. The molecule has 3 aromatic carbocycles. The summed E-state index contributed by atoms with van der Waals surface area (Å²) in [6.45, 7) is -0.206. The highest BCUT2D eigenvalue weighted by Gasteiger charge is 2.15. The summed E-state index contributed by atoms with van der Waals surface area (Å²) in [5.74, 6) is 1.33. The summed E-state index contributed by atoms with van der Waals surface area (Å²) in [7, 11) is 4.50. The average Bonchev–Trinajstić information content (AvgIpc) is 2.82. The standard InChI is InChI=1S/C24H23NO6/c1-28-20-13-18(14-21(29-2)24(20)30-3)25-22(26)15-31-19-11-9-17(10-12-19)23(27)16-7-5-4-6-8-16/h4-14H,15H2,1-3H3,(H,25,26). The van der Waals surface area contributed by atoms with Gasteiger partial charge in [0.25, 0.3) is 5.91 Å². The van der Waals surface area contributed by atoms with Crippen molar-refractivity contribution in [1.82, 2.24) is 0 Å². The lowest BCUT2D eigenvalue weighted by atomic mass is 10.0. The molecule has 0 aromatic heterocycles. The summed E-state index contributed by atoms with van der Waals surface area (Å²) in [6, 6.07) is 18.9. The highest BCUT2D eigenvalue weighted by Crippen LogP contribution is 2.39. The summed E-state index contributed by atoms with van der Waals surface area (Å²) < 4.78 is 21.3. The summed E-state index contributed by atoms with van der Waals surface area (Å²) in [4.78, 5) is 24.7. The van der Waals surface area contributed by atoms with Crippen LogP contribution in [-0.4, -0.2) is 39.6 Å². The Labute approximate surface area is 180 Å². The lowest BCUT2D eigenvalue weighted by molar-refractivity contribution is -0.118. The van der Waals surface area contributed by atoms with Gasteiger partial charge in [-0.15, -0.1) is 0 Å². The molecule has 0 saturated carbocycles. The number of ketones is 1. The van der Waals surface area contributed by atoms with E-state index in [4.69, 9.17) is 18.9 Å². The number of hydrogen-bond acceptors (Lipinski definition) is 6. The van der Waals surface area contributed by atoms with E-state index in [1.54, 1.807) is 48.5 Å². The zero-order valence-electron chi connectivity index (χ0n) is 17.5. The minimum Gasteiger partial charge on any atom is -0.493 e. The first-order valence-corrected chi connectivity index (χ1v) is 9.48. The molecule has 3 aromatic rings. The second-order valence-corrected chi connectivity index (χ2v) is 6.47. The van der Waals surface area contributed by atoms with E-state index in [1.165, 1.54) is 21.3 Å². The first-order valence-electron chi connectivity index (χ1n) is 9.48. The highest BCUT2D eigenvalue weighted by atomic mass is 16.5. The van der Waals surface area contributed by atoms with Gasteiger partial charge in [-0.05, 0) is 24.3 Å². The molecule has 160 valence electrons. The van der Waals surface area contributed by atoms with E-state index in [2.05, 4.69) is 5.32 Å². The monoisotopic (exact) mass is 421 g/mol. The van der Waals surface area contributed by atoms with Gasteiger partial charge in [0.05, 0.1) is 21.3 Å². The van der Waals surface area contributed by atoms with Gasteiger partial charge >= 0.3 is 0 Å². The van der Waals surface area contributed by atoms with Crippen LogP contribution < -0.4 is 24.3 Å². The second kappa shape index (κ2) is 10.2. The van der Waals surface area contributed by atoms with Gasteiger partial charge in [-0.3, -0.25) is 9.59 Å². The van der Waals surface area contributed by atoms with Crippen molar-refractivity contribution in [3.8, 4) is 23.0 Å². The lowest BCUT2D eigenvalue weighted by Gasteiger charge is -2.14. The van der Waals surface area contributed by atoms with Crippen LogP contribution in [-0.2, 0) is 4.79 Å². The molecule has 0 atom stereocenters. The summed E-state index contributed by atoms with van der Waals surface area (Å²) >= 11 is 0. The van der Waals surface area contributed by atoms with E-state index in [1.807, 2.05) is 18.2 Å². The Hall–Kier alpha value is -4.00. The molecule has 1 N–H and O–H groups in total. The van der Waals surface area contributed by atoms with Crippen LogP contribution in [0.2, 0.25) is 0 Å².